The first-order valence-electron chi connectivity index (χ1n) is 6.33. The molecule has 0 bridgehead atoms. The van der Waals surface area contributed by atoms with Crippen molar-refractivity contribution in [3.8, 4) is 0 Å². The zero-order chi connectivity index (χ0) is 14.7. The van der Waals surface area contributed by atoms with Crippen LogP contribution in [0.4, 0.5) is 4.79 Å². The second-order valence-corrected chi connectivity index (χ2v) is 5.24. The maximum absolute atomic E-state index is 11.5. The number of hydrogen-bond acceptors (Lipinski definition) is 4. The molecule has 0 fully saturated rings. The minimum absolute atomic E-state index is 0.114. The standard InChI is InChI=1S/C12H24N2O4S/c1-4-18-10(5-11(15)16)7-14-12(17)13-6-9(2)8-19-3/h9-10H,4-8H2,1-3H3,(H,15,16)(H2,13,14,17). The third-order valence-corrected chi connectivity index (χ3v) is 3.26. The number of nitrogens with one attached hydrogen (secondary N) is 2. The lowest BCUT2D eigenvalue weighted by atomic mass is 10.2. The number of carboxylic acid groups (broad SMARTS) is 1. The molecule has 0 rings (SSSR count). The van der Waals surface area contributed by atoms with Gasteiger partial charge in [-0.3, -0.25) is 4.79 Å². The monoisotopic (exact) mass is 292 g/mol. The summed E-state index contributed by atoms with van der Waals surface area (Å²) in [6, 6.07) is -0.289. The van der Waals surface area contributed by atoms with Crippen LogP contribution >= 0.6 is 11.8 Å². The Kier molecular flexibility index (Phi) is 10.4. The van der Waals surface area contributed by atoms with Crippen LogP contribution in [0.3, 0.4) is 0 Å². The Morgan fingerprint density at radius 1 is 1.32 bits per heavy atom. The second kappa shape index (κ2) is 10.9. The van der Waals surface area contributed by atoms with Gasteiger partial charge in [0.1, 0.15) is 0 Å². The van der Waals surface area contributed by atoms with Gasteiger partial charge in [-0.05, 0) is 24.9 Å². The number of carboxylic acids is 1. The van der Waals surface area contributed by atoms with Gasteiger partial charge in [0.15, 0.2) is 0 Å². The van der Waals surface area contributed by atoms with Crippen molar-refractivity contribution < 1.29 is 19.4 Å². The highest BCUT2D eigenvalue weighted by Crippen LogP contribution is 2.02. The lowest BCUT2D eigenvalue weighted by Crippen LogP contribution is -2.42. The molecule has 0 heterocycles. The van der Waals surface area contributed by atoms with E-state index >= 15 is 0 Å². The number of carbonyl (C=O) groups is 2. The highest BCUT2D eigenvalue weighted by molar-refractivity contribution is 7.98. The van der Waals surface area contributed by atoms with Crippen molar-refractivity contribution >= 4 is 23.8 Å². The number of carbonyl (C=O) groups excluding carboxylic acids is 1. The van der Waals surface area contributed by atoms with Gasteiger partial charge in [-0.25, -0.2) is 4.79 Å². The van der Waals surface area contributed by atoms with E-state index in [0.717, 1.165) is 5.75 Å². The van der Waals surface area contributed by atoms with E-state index < -0.39 is 12.1 Å². The maximum Gasteiger partial charge on any atom is 0.314 e. The molecule has 0 aliphatic rings. The lowest BCUT2D eigenvalue weighted by Gasteiger charge is -2.17. The Bertz CT molecular complexity index is 276. The molecular weight excluding hydrogens is 268 g/mol. The Balaban J connectivity index is 3.87. The molecule has 0 aliphatic heterocycles. The number of rotatable bonds is 10. The van der Waals surface area contributed by atoms with Crippen LogP contribution in [0.2, 0.25) is 0 Å². The Morgan fingerprint density at radius 2 is 1.95 bits per heavy atom. The third-order valence-electron chi connectivity index (χ3n) is 2.36. The van der Waals surface area contributed by atoms with Gasteiger partial charge in [-0.2, -0.15) is 11.8 Å². The fraction of sp³-hybridized carbons (Fsp3) is 0.833. The molecule has 2 unspecified atom stereocenters. The highest BCUT2D eigenvalue weighted by atomic mass is 32.2. The molecule has 0 aromatic carbocycles. The first-order valence-corrected chi connectivity index (χ1v) is 7.73. The second-order valence-electron chi connectivity index (χ2n) is 4.33. The van der Waals surface area contributed by atoms with Crippen LogP contribution in [0.1, 0.15) is 20.3 Å². The van der Waals surface area contributed by atoms with E-state index in [4.69, 9.17) is 9.84 Å². The SMILES string of the molecule is CCOC(CNC(=O)NCC(C)CSC)CC(=O)O. The van der Waals surface area contributed by atoms with Gasteiger partial charge >= 0.3 is 12.0 Å². The topological polar surface area (TPSA) is 87.7 Å². The summed E-state index contributed by atoms with van der Waals surface area (Å²) in [5.41, 5.74) is 0. The van der Waals surface area contributed by atoms with Crippen molar-refractivity contribution in [2.75, 3.05) is 31.7 Å². The minimum atomic E-state index is -0.936. The van der Waals surface area contributed by atoms with Crippen LogP contribution in [0.5, 0.6) is 0 Å². The molecule has 0 saturated heterocycles. The molecule has 2 atom stereocenters. The number of hydrogen-bond donors (Lipinski definition) is 3. The average molecular weight is 292 g/mol. The molecular formula is C12H24N2O4S. The predicted octanol–water partition coefficient (Wildman–Crippen LogP) is 1.16. The van der Waals surface area contributed by atoms with Crippen molar-refractivity contribution in [1.82, 2.24) is 10.6 Å². The summed E-state index contributed by atoms with van der Waals surface area (Å²) >= 11 is 1.74. The van der Waals surface area contributed by atoms with Gasteiger partial charge < -0.3 is 20.5 Å². The van der Waals surface area contributed by atoms with Crippen LogP contribution in [0, 0.1) is 5.92 Å². The molecule has 0 aliphatic carbocycles. The third kappa shape index (κ3) is 10.6. The van der Waals surface area contributed by atoms with Crippen LogP contribution in [-0.2, 0) is 9.53 Å². The summed E-state index contributed by atoms with van der Waals surface area (Å²) in [5, 5.41) is 14.1. The van der Waals surface area contributed by atoms with E-state index in [1.165, 1.54) is 0 Å². The van der Waals surface area contributed by atoms with Crippen LogP contribution in [0.15, 0.2) is 0 Å². The van der Waals surface area contributed by atoms with Gasteiger partial charge in [-0.15, -0.1) is 0 Å². The van der Waals surface area contributed by atoms with E-state index in [2.05, 4.69) is 17.6 Å². The number of thioether (sulfide) groups is 1. The van der Waals surface area contributed by atoms with E-state index in [1.807, 2.05) is 6.26 Å². The molecule has 0 aromatic heterocycles. The summed E-state index contributed by atoms with van der Waals surface area (Å²) in [6.45, 7) is 5.07. The number of ether oxygens (including phenoxy) is 1. The molecule has 19 heavy (non-hydrogen) atoms. The lowest BCUT2D eigenvalue weighted by molar-refractivity contribution is -0.140. The summed E-state index contributed by atoms with van der Waals surface area (Å²) < 4.78 is 5.24. The summed E-state index contributed by atoms with van der Waals surface area (Å²) in [4.78, 5) is 22.1. The Labute approximate surface area is 118 Å². The largest absolute Gasteiger partial charge is 0.481 e. The quantitative estimate of drug-likeness (QED) is 0.562. The molecule has 0 radical (unpaired) electrons. The first-order chi connectivity index (χ1) is 8.99. The average Bonchev–Trinajstić information content (AvgIpc) is 2.33. The molecule has 3 N–H and O–H groups in total. The van der Waals surface area contributed by atoms with Crippen molar-refractivity contribution in [1.29, 1.82) is 0 Å². The van der Waals surface area contributed by atoms with E-state index in [9.17, 15) is 9.59 Å². The van der Waals surface area contributed by atoms with Crippen LogP contribution in [-0.4, -0.2) is 54.9 Å². The molecule has 7 heteroatoms. The smallest absolute Gasteiger partial charge is 0.314 e. The van der Waals surface area contributed by atoms with Crippen molar-refractivity contribution in [2.45, 2.75) is 26.4 Å². The summed E-state index contributed by atoms with van der Waals surface area (Å²) in [7, 11) is 0. The molecule has 0 aromatic rings. The Morgan fingerprint density at radius 3 is 2.47 bits per heavy atom. The zero-order valence-corrected chi connectivity index (χ0v) is 12.6. The van der Waals surface area contributed by atoms with Crippen molar-refractivity contribution in [3.05, 3.63) is 0 Å². The van der Waals surface area contributed by atoms with Gasteiger partial charge in [0.2, 0.25) is 0 Å². The van der Waals surface area contributed by atoms with E-state index in [1.54, 1.807) is 18.7 Å². The predicted molar refractivity (Wildman–Crippen MR) is 76.6 cm³/mol. The van der Waals surface area contributed by atoms with Crippen molar-refractivity contribution in [2.24, 2.45) is 5.92 Å². The van der Waals surface area contributed by atoms with Crippen LogP contribution in [0.25, 0.3) is 0 Å². The van der Waals surface area contributed by atoms with Gasteiger partial charge in [0.05, 0.1) is 12.5 Å². The Hall–Kier alpha value is -0.950. The van der Waals surface area contributed by atoms with E-state index in [0.29, 0.717) is 19.1 Å². The number of amides is 2. The molecule has 0 saturated carbocycles. The van der Waals surface area contributed by atoms with Gasteiger partial charge in [-0.1, -0.05) is 6.92 Å². The highest BCUT2D eigenvalue weighted by Gasteiger charge is 2.14. The zero-order valence-electron chi connectivity index (χ0n) is 11.8. The van der Waals surface area contributed by atoms with Gasteiger partial charge in [0.25, 0.3) is 0 Å². The normalized spacial score (nSPS) is 13.6. The molecule has 0 spiro atoms. The molecule has 112 valence electrons. The minimum Gasteiger partial charge on any atom is -0.481 e. The molecule has 6 nitrogen and oxygen atoms in total. The van der Waals surface area contributed by atoms with Gasteiger partial charge in [0, 0.05) is 19.7 Å². The summed E-state index contributed by atoms with van der Waals surface area (Å²) in [6.07, 6.45) is 1.42. The van der Waals surface area contributed by atoms with Crippen LogP contribution < -0.4 is 10.6 Å². The summed E-state index contributed by atoms with van der Waals surface area (Å²) in [5.74, 6) is 0.456. The fourth-order valence-electron chi connectivity index (χ4n) is 1.50. The number of aliphatic carboxylic acids is 1. The first kappa shape index (κ1) is 18.0. The number of urea groups is 1. The van der Waals surface area contributed by atoms with E-state index in [-0.39, 0.29) is 19.0 Å². The van der Waals surface area contributed by atoms with Crippen molar-refractivity contribution in [3.63, 3.8) is 0 Å². The fourth-order valence-corrected chi connectivity index (χ4v) is 2.19. The molecule has 2 amide bonds. The maximum atomic E-state index is 11.5.